The summed E-state index contributed by atoms with van der Waals surface area (Å²) in [5, 5.41) is 0. The van der Waals surface area contributed by atoms with Crippen LogP contribution in [0, 0.1) is 0 Å². The number of carbonyl (C=O) groups excluding carboxylic acids is 3. The van der Waals surface area contributed by atoms with Crippen LogP contribution in [0.5, 0.6) is 5.75 Å². The summed E-state index contributed by atoms with van der Waals surface area (Å²) in [5.41, 5.74) is 0.545. The molecule has 1 atom stereocenters. The maximum absolute atomic E-state index is 12.2. The Bertz CT molecular complexity index is 783. The van der Waals surface area contributed by atoms with E-state index in [-0.39, 0.29) is 22.8 Å². The third-order valence-corrected chi connectivity index (χ3v) is 3.33. The first-order valence-corrected chi connectivity index (χ1v) is 7.27. The highest BCUT2D eigenvalue weighted by Gasteiger charge is 2.22. The predicted octanol–water partition coefficient (Wildman–Crippen LogP) is 3.25. The number of nitrogens with one attached hydrogen (secondary N) is 1. The van der Waals surface area contributed by atoms with Crippen LogP contribution in [-0.4, -0.2) is 35.2 Å². The molecule has 1 aromatic heterocycles. The highest BCUT2D eigenvalue weighted by atomic mass is 19.3. The molecule has 1 N–H and O–H groups in total. The van der Waals surface area contributed by atoms with Gasteiger partial charge in [0.25, 0.3) is 0 Å². The highest BCUT2D eigenvalue weighted by molar-refractivity contribution is 6.02. The number of esters is 1. The van der Waals surface area contributed by atoms with E-state index in [0.717, 1.165) is 0 Å². The lowest BCUT2D eigenvalue weighted by Gasteiger charge is -2.12. The molecular weight excluding hydrogens is 336 g/mol. The van der Waals surface area contributed by atoms with Crippen molar-refractivity contribution in [3.63, 3.8) is 0 Å². The van der Waals surface area contributed by atoms with E-state index in [4.69, 9.17) is 4.74 Å². The molecule has 1 aromatic carbocycles. The van der Waals surface area contributed by atoms with Gasteiger partial charge in [-0.2, -0.15) is 8.78 Å². The number of carbonyl (C=O) groups is 3. The third-order valence-electron chi connectivity index (χ3n) is 3.33. The van der Waals surface area contributed by atoms with Crippen LogP contribution in [0.3, 0.4) is 0 Å². The first kappa shape index (κ1) is 18.3. The van der Waals surface area contributed by atoms with Crippen LogP contribution in [-0.2, 0) is 4.74 Å². The van der Waals surface area contributed by atoms with Gasteiger partial charge >= 0.3 is 12.6 Å². The lowest BCUT2D eigenvalue weighted by molar-refractivity contribution is -0.0498. The second-order valence-corrected chi connectivity index (χ2v) is 5.17. The number of alkyl halides is 2. The monoisotopic (exact) mass is 351 g/mol. The Morgan fingerprint density at radius 2 is 1.72 bits per heavy atom. The minimum absolute atomic E-state index is 0.0468. The summed E-state index contributed by atoms with van der Waals surface area (Å²) in [6.45, 7) is -0.216. The molecule has 132 valence electrons. The number of hydrogen-bond acceptors (Lipinski definition) is 5. The van der Waals surface area contributed by atoms with Gasteiger partial charge in [0, 0.05) is 17.3 Å². The van der Waals surface area contributed by atoms with Gasteiger partial charge in [-0.05, 0) is 44.2 Å². The maximum atomic E-state index is 12.2. The lowest BCUT2D eigenvalue weighted by Crippen LogP contribution is -2.24. The zero-order valence-electron chi connectivity index (χ0n) is 13.4. The van der Waals surface area contributed by atoms with E-state index in [2.05, 4.69) is 9.72 Å². The topological polar surface area (TPSA) is 85.5 Å². The average molecular weight is 351 g/mol. The van der Waals surface area contributed by atoms with Crippen molar-refractivity contribution in [2.75, 3.05) is 0 Å². The van der Waals surface area contributed by atoms with E-state index < -0.39 is 24.5 Å². The summed E-state index contributed by atoms with van der Waals surface area (Å²) < 4.78 is 33.4. The van der Waals surface area contributed by atoms with Crippen molar-refractivity contribution in [1.29, 1.82) is 0 Å². The molecule has 6 nitrogen and oxygen atoms in total. The van der Waals surface area contributed by atoms with Gasteiger partial charge in [0.2, 0.25) is 5.78 Å². The number of benzene rings is 1. The van der Waals surface area contributed by atoms with E-state index in [1.165, 1.54) is 50.4 Å². The molecule has 2 rings (SSSR count). The molecule has 0 saturated heterocycles. The number of rotatable bonds is 7. The van der Waals surface area contributed by atoms with Crippen LogP contribution in [0.4, 0.5) is 8.78 Å². The summed E-state index contributed by atoms with van der Waals surface area (Å²) in [6, 6.07) is 6.37. The molecule has 0 radical (unpaired) electrons. The second-order valence-electron chi connectivity index (χ2n) is 5.17. The number of aromatic amines is 1. The quantitative estimate of drug-likeness (QED) is 0.611. The van der Waals surface area contributed by atoms with Gasteiger partial charge in [0.15, 0.2) is 11.9 Å². The molecule has 0 aliphatic rings. The Hall–Kier alpha value is -3.03. The molecule has 0 saturated carbocycles. The van der Waals surface area contributed by atoms with Crippen molar-refractivity contribution >= 4 is 17.5 Å². The zero-order chi connectivity index (χ0) is 18.6. The molecule has 0 aliphatic heterocycles. The Morgan fingerprint density at radius 3 is 2.24 bits per heavy atom. The Kier molecular flexibility index (Phi) is 5.63. The van der Waals surface area contributed by atoms with Crippen LogP contribution in [0.25, 0.3) is 0 Å². The largest absolute Gasteiger partial charge is 0.450 e. The first-order valence-electron chi connectivity index (χ1n) is 7.27. The number of aromatic nitrogens is 1. The van der Waals surface area contributed by atoms with Gasteiger partial charge in [0.05, 0.1) is 0 Å². The van der Waals surface area contributed by atoms with Crippen LogP contribution in [0.2, 0.25) is 0 Å². The number of halogens is 2. The van der Waals surface area contributed by atoms with Gasteiger partial charge in [0.1, 0.15) is 11.4 Å². The van der Waals surface area contributed by atoms with Crippen molar-refractivity contribution in [2.24, 2.45) is 0 Å². The highest BCUT2D eigenvalue weighted by Crippen LogP contribution is 2.17. The van der Waals surface area contributed by atoms with Gasteiger partial charge in [-0.1, -0.05) is 0 Å². The normalized spacial score (nSPS) is 11.9. The number of H-pyrrole nitrogens is 1. The molecule has 0 fully saturated rings. The van der Waals surface area contributed by atoms with Crippen LogP contribution in [0.15, 0.2) is 36.5 Å². The summed E-state index contributed by atoms with van der Waals surface area (Å²) >= 11 is 0. The molecule has 0 spiro atoms. The van der Waals surface area contributed by atoms with E-state index in [1.54, 1.807) is 0 Å². The van der Waals surface area contributed by atoms with Crippen molar-refractivity contribution in [2.45, 2.75) is 26.6 Å². The molecular formula is C17H15F2NO5. The smallest absolute Gasteiger partial charge is 0.387 e. The third kappa shape index (κ3) is 4.72. The molecule has 8 heteroatoms. The lowest BCUT2D eigenvalue weighted by atomic mass is 10.1. The van der Waals surface area contributed by atoms with Crippen molar-refractivity contribution in [1.82, 2.24) is 4.98 Å². The molecule has 0 bridgehead atoms. The predicted molar refractivity (Wildman–Crippen MR) is 83.1 cm³/mol. The number of ether oxygens (including phenoxy) is 2. The van der Waals surface area contributed by atoms with Crippen molar-refractivity contribution in [3.05, 3.63) is 53.3 Å². The van der Waals surface area contributed by atoms with Crippen molar-refractivity contribution < 1.29 is 32.6 Å². The Labute approximate surface area is 141 Å². The summed E-state index contributed by atoms with van der Waals surface area (Å²) in [7, 11) is 0. The molecule has 25 heavy (non-hydrogen) atoms. The van der Waals surface area contributed by atoms with Crippen molar-refractivity contribution in [3.8, 4) is 5.75 Å². The maximum Gasteiger partial charge on any atom is 0.387 e. The SMILES string of the molecule is CC(=O)c1c[nH]c(C(=O)O[C@H](C)C(=O)c2ccc(OC(F)F)cc2)c1. The molecule has 1 heterocycles. The van der Waals surface area contributed by atoms with Gasteiger partial charge in [-0.15, -0.1) is 0 Å². The van der Waals surface area contributed by atoms with E-state index in [9.17, 15) is 23.2 Å². The van der Waals surface area contributed by atoms with Gasteiger partial charge in [-0.3, -0.25) is 9.59 Å². The van der Waals surface area contributed by atoms with E-state index in [0.29, 0.717) is 5.56 Å². The van der Waals surface area contributed by atoms with Crippen LogP contribution < -0.4 is 4.74 Å². The minimum atomic E-state index is -2.96. The number of ketones is 2. The standard InChI is InChI=1S/C17H15F2NO5/c1-9(21)12-7-14(20-8-12)16(23)24-10(2)15(22)11-3-5-13(6-4-11)25-17(18)19/h3-8,10,17,20H,1-2H3/t10-/m1/s1. The summed E-state index contributed by atoms with van der Waals surface area (Å²) in [4.78, 5) is 38.0. The molecule has 0 unspecified atom stereocenters. The molecule has 2 aromatic rings. The molecule has 0 aliphatic carbocycles. The first-order chi connectivity index (χ1) is 11.8. The molecule has 0 amide bonds. The fourth-order valence-electron chi connectivity index (χ4n) is 2.03. The number of hydrogen-bond donors (Lipinski definition) is 1. The fraction of sp³-hybridized carbons (Fsp3) is 0.235. The number of Topliss-reactive ketones (excluding diaryl/α,β-unsaturated/α-hetero) is 2. The Balaban J connectivity index is 2.01. The van der Waals surface area contributed by atoms with Gasteiger partial charge < -0.3 is 14.5 Å². The fourth-order valence-corrected chi connectivity index (χ4v) is 2.03. The van der Waals surface area contributed by atoms with Crippen LogP contribution >= 0.6 is 0 Å². The van der Waals surface area contributed by atoms with E-state index in [1.807, 2.05) is 0 Å². The average Bonchev–Trinajstić information content (AvgIpc) is 3.04. The summed E-state index contributed by atoms with van der Waals surface area (Å²) in [5.74, 6) is -1.59. The second kappa shape index (κ2) is 7.69. The zero-order valence-corrected chi connectivity index (χ0v) is 13.4. The Morgan fingerprint density at radius 1 is 1.08 bits per heavy atom. The van der Waals surface area contributed by atoms with E-state index >= 15 is 0 Å². The minimum Gasteiger partial charge on any atom is -0.450 e. The summed E-state index contributed by atoms with van der Waals surface area (Å²) in [6.07, 6.45) is 0.270. The van der Waals surface area contributed by atoms with Crippen LogP contribution in [0.1, 0.15) is 45.1 Å². The van der Waals surface area contributed by atoms with Gasteiger partial charge in [-0.25, -0.2) is 4.79 Å².